The van der Waals surface area contributed by atoms with Crippen molar-refractivity contribution >= 4 is 43.8 Å². The summed E-state index contributed by atoms with van der Waals surface area (Å²) in [6.07, 6.45) is 26.8. The zero-order valence-electron chi connectivity index (χ0n) is 39.1. The Morgan fingerprint density at radius 2 is 0.952 bits per heavy atom. The molecule has 4 heteroatoms. The molecule has 0 saturated heterocycles. The van der Waals surface area contributed by atoms with Gasteiger partial charge in [0.05, 0.1) is 0 Å². The summed E-state index contributed by atoms with van der Waals surface area (Å²) in [6, 6.07) is 35.2. The average molecular weight is 973 g/mol. The van der Waals surface area contributed by atoms with Crippen molar-refractivity contribution in [3.63, 3.8) is 0 Å². The maximum Gasteiger partial charge on any atom is -0.147 e. The fourth-order valence-electron chi connectivity index (χ4n) is 18.0. The fourth-order valence-corrected chi connectivity index (χ4v) is 37.9. The maximum atomic E-state index is 2.87. The van der Waals surface area contributed by atoms with Gasteiger partial charge in [0, 0.05) is 0 Å². The molecule has 10 aliphatic rings. The molecule has 10 aliphatic carbocycles. The minimum Gasteiger partial charge on any atom is -0.147 e. The molecule has 0 amide bonds. The van der Waals surface area contributed by atoms with E-state index in [2.05, 4.69) is 134 Å². The number of allylic oxidation sites excluding steroid dienone is 2. The van der Waals surface area contributed by atoms with Crippen LogP contribution in [0.5, 0.6) is 0 Å². The van der Waals surface area contributed by atoms with E-state index in [1.54, 1.807) is 33.4 Å². The topological polar surface area (TPSA) is 0 Å². The number of benzene rings is 4. The van der Waals surface area contributed by atoms with Gasteiger partial charge in [-0.1, -0.05) is 0 Å². The molecular weight excluding hydrogens is 899 g/mol. The normalized spacial score (nSPS) is 33.6. The van der Waals surface area contributed by atoms with E-state index in [-0.39, 0.29) is 24.8 Å². The Bertz CT molecular complexity index is 2480. The monoisotopic (exact) mass is 970 g/mol. The van der Waals surface area contributed by atoms with Gasteiger partial charge in [-0.15, -0.1) is 24.8 Å². The summed E-state index contributed by atoms with van der Waals surface area (Å²) >= 11 is -3.81. The van der Waals surface area contributed by atoms with E-state index in [0.717, 1.165) is 41.9 Å². The third kappa shape index (κ3) is 7.08. The molecule has 8 saturated carbocycles. The molecule has 3 unspecified atom stereocenters. The molecule has 0 spiro atoms. The molecular formula is C59H74Cl2SiZr. The van der Waals surface area contributed by atoms with Crippen LogP contribution in [0.4, 0.5) is 0 Å². The van der Waals surface area contributed by atoms with Crippen LogP contribution in [0, 0.1) is 41.4 Å². The molecule has 0 radical (unpaired) electrons. The largest absolute Gasteiger partial charge is 0.147 e. The summed E-state index contributed by atoms with van der Waals surface area (Å²) in [7, 11) is 0. The van der Waals surface area contributed by atoms with Crippen molar-refractivity contribution in [1.82, 2.24) is 0 Å². The van der Waals surface area contributed by atoms with E-state index in [1.807, 2.05) is 0 Å². The molecule has 3 atom stereocenters. The van der Waals surface area contributed by atoms with Gasteiger partial charge in [0.2, 0.25) is 0 Å². The third-order valence-corrected chi connectivity index (χ3v) is 36.9. The Morgan fingerprint density at radius 1 is 0.556 bits per heavy atom. The first-order valence-corrected chi connectivity index (χ1v) is 39.1. The molecule has 63 heavy (non-hydrogen) atoms. The number of halogens is 2. The van der Waals surface area contributed by atoms with Crippen LogP contribution < -0.4 is 0 Å². The zero-order chi connectivity index (χ0) is 41.5. The zero-order valence-corrected chi connectivity index (χ0v) is 44.6. The summed E-state index contributed by atoms with van der Waals surface area (Å²) in [5.74, 6) is 6.47. The van der Waals surface area contributed by atoms with Crippen LogP contribution in [-0.4, -0.2) is 6.88 Å². The maximum absolute atomic E-state index is 3.81. The molecule has 0 heterocycles. The molecule has 14 rings (SSSR count). The quantitative estimate of drug-likeness (QED) is 0.139. The van der Waals surface area contributed by atoms with Crippen molar-refractivity contribution in [2.24, 2.45) is 41.4 Å². The van der Waals surface area contributed by atoms with E-state index in [4.69, 9.17) is 0 Å². The number of hydrogen-bond donors (Lipinski definition) is 0. The second-order valence-electron chi connectivity index (χ2n) is 24.4. The van der Waals surface area contributed by atoms with Gasteiger partial charge in [-0.3, -0.25) is 0 Å². The van der Waals surface area contributed by atoms with Crippen molar-refractivity contribution in [3.8, 4) is 22.3 Å². The van der Waals surface area contributed by atoms with E-state index in [9.17, 15) is 0 Å². The number of fused-ring (bicyclic) bond motifs is 2. The summed E-state index contributed by atoms with van der Waals surface area (Å²) in [6.45, 7) is 9.95. The van der Waals surface area contributed by atoms with Crippen LogP contribution in [-0.2, 0) is 28.2 Å². The van der Waals surface area contributed by atoms with E-state index in [1.165, 1.54) is 123 Å². The van der Waals surface area contributed by atoms with Crippen molar-refractivity contribution in [2.75, 3.05) is 0 Å². The van der Waals surface area contributed by atoms with E-state index >= 15 is 0 Å². The molecule has 0 aliphatic heterocycles. The predicted molar refractivity (Wildman–Crippen MR) is 274 cm³/mol. The predicted octanol–water partition coefficient (Wildman–Crippen LogP) is 16.6. The Labute approximate surface area is 395 Å². The van der Waals surface area contributed by atoms with Crippen LogP contribution >= 0.6 is 24.8 Å². The first-order chi connectivity index (χ1) is 29.4. The SMILES string of the molecule is CCCC(C)C1=Cc2c(-c3ccc(C45CC6CC(CC(C6)C4)C5)cc3)cccc2[CH]1[Zr]([CH3])([CH3])(=[SiH2])[CH]1C(CC)=Cc2c(-c3ccc(C45CC6CC(CC(C6)C4)C5)cc3)cccc21.Cl.Cl. The fraction of sp³-hybridized carbons (Fsp3) is 0.525. The van der Waals surface area contributed by atoms with Crippen LogP contribution in [0.25, 0.3) is 34.4 Å². The van der Waals surface area contributed by atoms with Gasteiger partial charge in [-0.25, -0.2) is 0 Å². The summed E-state index contributed by atoms with van der Waals surface area (Å²) in [5.41, 5.74) is 19.8. The van der Waals surface area contributed by atoms with E-state index < -0.39 is 17.4 Å². The van der Waals surface area contributed by atoms with Gasteiger partial charge in [0.15, 0.2) is 0 Å². The van der Waals surface area contributed by atoms with Crippen molar-refractivity contribution in [3.05, 3.63) is 129 Å². The Kier molecular flexibility index (Phi) is 11.5. The molecule has 332 valence electrons. The van der Waals surface area contributed by atoms with Gasteiger partial charge < -0.3 is 0 Å². The third-order valence-electron chi connectivity index (χ3n) is 19.5. The second-order valence-corrected chi connectivity index (χ2v) is 54.8. The van der Waals surface area contributed by atoms with Crippen LogP contribution in [0.15, 0.2) is 96.1 Å². The van der Waals surface area contributed by atoms with Crippen molar-refractivity contribution in [2.45, 2.75) is 144 Å². The molecule has 4 aromatic rings. The van der Waals surface area contributed by atoms with Crippen LogP contribution in [0.2, 0.25) is 9.26 Å². The van der Waals surface area contributed by atoms with Gasteiger partial charge in [-0.2, -0.15) is 0 Å². The Morgan fingerprint density at radius 3 is 1.35 bits per heavy atom. The average Bonchev–Trinajstić information content (AvgIpc) is 3.84. The van der Waals surface area contributed by atoms with Gasteiger partial charge in [0.25, 0.3) is 0 Å². The minimum absolute atomic E-state index is 0. The van der Waals surface area contributed by atoms with Gasteiger partial charge >= 0.3 is 374 Å². The summed E-state index contributed by atoms with van der Waals surface area (Å²) in [5, 5.41) is 0. The minimum atomic E-state index is -3.81. The van der Waals surface area contributed by atoms with Gasteiger partial charge in [0.1, 0.15) is 0 Å². The first-order valence-electron chi connectivity index (χ1n) is 25.4. The summed E-state index contributed by atoms with van der Waals surface area (Å²) < 4.78 is 6.82. The molecule has 8 bridgehead atoms. The second kappa shape index (κ2) is 16.1. The molecule has 8 fully saturated rings. The Balaban J connectivity index is 0.00000236. The van der Waals surface area contributed by atoms with Crippen LogP contribution in [0.3, 0.4) is 0 Å². The molecule has 0 aromatic heterocycles. The Hall–Kier alpha value is -1.96. The van der Waals surface area contributed by atoms with Crippen molar-refractivity contribution < 1.29 is 17.4 Å². The number of hydrogen-bond acceptors (Lipinski definition) is 0. The standard InChI is InChI=1S/C30H35.C27H29.2CH3.2ClH.H2Si.Zr/c1-3-5-20(2)26-15-25-6-4-7-28(29(25)16-26)24-8-10-27(11-9-24)30-17-21-12-22(18-30)14-23(13-21)19-30;1-2-18-13-23-4-3-5-25(26(23)14-18)22-6-8-24(9-7-22)27-15-19-10-20(16-27)12-21(11-19)17-27;;;;;;/h4,6-11,15-16,20-23H,3,5,12-14,17-19H2,1-2H3;3-9,13-14,19-21H,2,10-12,15-17H2,1H3;2*1H3;2*1H;1H2;. The smallest absolute Gasteiger partial charge is 0.147 e. The number of rotatable bonds is 10. The van der Waals surface area contributed by atoms with Gasteiger partial charge in [-0.05, 0) is 0 Å². The first kappa shape index (κ1) is 44.9. The van der Waals surface area contributed by atoms with Crippen LogP contribution in [0.1, 0.15) is 158 Å². The molecule has 4 aromatic carbocycles. The molecule has 0 N–H and O–H groups in total. The van der Waals surface area contributed by atoms with Crippen molar-refractivity contribution in [1.29, 1.82) is 0 Å². The van der Waals surface area contributed by atoms with E-state index in [0.29, 0.717) is 24.0 Å². The summed E-state index contributed by atoms with van der Waals surface area (Å²) in [4.78, 5) is 0. The molecule has 0 nitrogen and oxygen atoms in total.